The molecule has 1 aliphatic heterocycles. The van der Waals surface area contributed by atoms with E-state index < -0.39 is 0 Å². The number of halogens is 2. The van der Waals surface area contributed by atoms with E-state index in [4.69, 9.17) is 23.2 Å². The van der Waals surface area contributed by atoms with Crippen LogP contribution in [0.2, 0.25) is 10.0 Å². The number of thioether (sulfide) groups is 1. The Morgan fingerprint density at radius 3 is 2.52 bits per heavy atom. The van der Waals surface area contributed by atoms with Gasteiger partial charge in [-0.1, -0.05) is 41.0 Å². The minimum absolute atomic E-state index is 0.0723. The predicted molar refractivity (Wildman–Crippen MR) is 137 cm³/mol. The highest BCUT2D eigenvalue weighted by Gasteiger charge is 2.22. The van der Waals surface area contributed by atoms with Crippen molar-refractivity contribution in [3.8, 4) is 0 Å². The molecular weight excluding hydrogens is 499 g/mol. The SMILES string of the molecule is O=C(CSc1nc(CC(=O)N2CCN(c3cccc(Cl)c3)CC2)cs1)Nc1ccc(Cl)cc1. The normalized spacial score (nSPS) is 13.8. The molecule has 0 saturated carbocycles. The van der Waals surface area contributed by atoms with Gasteiger partial charge in [0, 0.05) is 53.0 Å². The molecule has 0 atom stereocenters. The third-order valence-corrected chi connectivity index (χ3v) is 7.68. The summed E-state index contributed by atoms with van der Waals surface area (Å²) in [6.07, 6.45) is 0.269. The number of hydrogen-bond donors (Lipinski definition) is 1. The summed E-state index contributed by atoms with van der Waals surface area (Å²) < 4.78 is 0.773. The monoisotopic (exact) mass is 520 g/mol. The minimum atomic E-state index is -0.118. The number of carbonyl (C=O) groups excluding carboxylic acids is 2. The third kappa shape index (κ3) is 6.86. The molecular formula is C23H22Cl2N4O2S2. The highest BCUT2D eigenvalue weighted by molar-refractivity contribution is 8.01. The lowest BCUT2D eigenvalue weighted by molar-refractivity contribution is -0.130. The molecule has 1 aromatic heterocycles. The fourth-order valence-corrected chi connectivity index (χ4v) is 5.40. The molecule has 0 radical (unpaired) electrons. The number of aromatic nitrogens is 1. The van der Waals surface area contributed by atoms with Crippen LogP contribution in [-0.2, 0) is 16.0 Å². The highest BCUT2D eigenvalue weighted by Crippen LogP contribution is 2.24. The summed E-state index contributed by atoms with van der Waals surface area (Å²) in [7, 11) is 0. The van der Waals surface area contributed by atoms with Crippen molar-refractivity contribution in [2.24, 2.45) is 0 Å². The van der Waals surface area contributed by atoms with E-state index in [-0.39, 0.29) is 24.0 Å². The fourth-order valence-electron chi connectivity index (χ4n) is 3.45. The van der Waals surface area contributed by atoms with Crippen LogP contribution in [0.3, 0.4) is 0 Å². The lowest BCUT2D eigenvalue weighted by Gasteiger charge is -2.36. The van der Waals surface area contributed by atoms with Crippen LogP contribution in [-0.4, -0.2) is 53.6 Å². The van der Waals surface area contributed by atoms with E-state index in [0.29, 0.717) is 28.8 Å². The standard InChI is InChI=1S/C23H22Cl2N4O2S2/c24-16-4-6-18(7-5-16)26-21(30)15-33-23-27-19(14-32-23)13-22(31)29-10-8-28(9-11-29)20-3-1-2-17(25)12-20/h1-7,12,14H,8-11,13,15H2,(H,26,30). The molecule has 2 aromatic carbocycles. The molecule has 0 aliphatic carbocycles. The van der Waals surface area contributed by atoms with Gasteiger partial charge >= 0.3 is 0 Å². The first-order chi connectivity index (χ1) is 16.0. The molecule has 6 nitrogen and oxygen atoms in total. The first kappa shape index (κ1) is 23.9. The maximum absolute atomic E-state index is 12.7. The summed E-state index contributed by atoms with van der Waals surface area (Å²) in [5, 5.41) is 6.05. The molecule has 33 heavy (non-hydrogen) atoms. The first-order valence-electron chi connectivity index (χ1n) is 10.4. The van der Waals surface area contributed by atoms with Gasteiger partial charge in [-0.05, 0) is 42.5 Å². The van der Waals surface area contributed by atoms with Crippen LogP contribution in [0.4, 0.5) is 11.4 Å². The van der Waals surface area contributed by atoms with E-state index in [1.807, 2.05) is 34.5 Å². The second-order valence-electron chi connectivity index (χ2n) is 7.47. The van der Waals surface area contributed by atoms with Gasteiger partial charge in [-0.3, -0.25) is 9.59 Å². The van der Waals surface area contributed by atoms with Crippen LogP contribution in [0, 0.1) is 0 Å². The molecule has 2 amide bonds. The average Bonchev–Trinajstić information content (AvgIpc) is 3.26. The van der Waals surface area contributed by atoms with Crippen LogP contribution in [0.1, 0.15) is 5.69 Å². The Hall–Kier alpha value is -2.26. The summed E-state index contributed by atoms with van der Waals surface area (Å²) in [6, 6.07) is 14.7. The lowest BCUT2D eigenvalue weighted by atomic mass is 10.2. The Morgan fingerprint density at radius 2 is 1.79 bits per heavy atom. The molecule has 1 aliphatic rings. The van der Waals surface area contributed by atoms with Gasteiger partial charge < -0.3 is 15.1 Å². The van der Waals surface area contributed by atoms with Crippen molar-refractivity contribution in [1.82, 2.24) is 9.88 Å². The number of piperazine rings is 1. The number of hydrogen-bond acceptors (Lipinski definition) is 6. The Labute approximate surface area is 210 Å². The molecule has 10 heteroatoms. The Morgan fingerprint density at radius 1 is 1.03 bits per heavy atom. The largest absolute Gasteiger partial charge is 0.368 e. The zero-order valence-corrected chi connectivity index (χ0v) is 20.8. The van der Waals surface area contributed by atoms with Gasteiger partial charge in [-0.15, -0.1) is 11.3 Å². The summed E-state index contributed by atoms with van der Waals surface area (Å²) in [6.45, 7) is 2.88. The number of benzene rings is 2. The zero-order chi connectivity index (χ0) is 23.2. The summed E-state index contributed by atoms with van der Waals surface area (Å²) >= 11 is 14.8. The lowest BCUT2D eigenvalue weighted by Crippen LogP contribution is -2.49. The summed E-state index contributed by atoms with van der Waals surface area (Å²) in [5.74, 6) is 0.199. The van der Waals surface area contributed by atoms with Crippen molar-refractivity contribution in [3.05, 3.63) is 69.7 Å². The van der Waals surface area contributed by atoms with Gasteiger partial charge in [0.25, 0.3) is 0 Å². The maximum atomic E-state index is 12.7. The Bertz CT molecular complexity index is 1120. The Balaban J connectivity index is 1.22. The van der Waals surface area contributed by atoms with E-state index >= 15 is 0 Å². The van der Waals surface area contributed by atoms with Gasteiger partial charge in [-0.25, -0.2) is 4.98 Å². The van der Waals surface area contributed by atoms with Crippen LogP contribution in [0.25, 0.3) is 0 Å². The van der Waals surface area contributed by atoms with Crippen LogP contribution < -0.4 is 10.2 Å². The van der Waals surface area contributed by atoms with E-state index in [1.165, 1.54) is 23.1 Å². The van der Waals surface area contributed by atoms with Crippen LogP contribution in [0.5, 0.6) is 0 Å². The van der Waals surface area contributed by atoms with Crippen molar-refractivity contribution in [1.29, 1.82) is 0 Å². The van der Waals surface area contributed by atoms with E-state index in [2.05, 4.69) is 15.2 Å². The second kappa shape index (κ2) is 11.2. The van der Waals surface area contributed by atoms with Crippen molar-refractivity contribution < 1.29 is 9.59 Å². The number of anilines is 2. The molecule has 1 N–H and O–H groups in total. The third-order valence-electron chi connectivity index (χ3n) is 5.12. The fraction of sp³-hybridized carbons (Fsp3) is 0.261. The Kier molecular flexibility index (Phi) is 8.14. The highest BCUT2D eigenvalue weighted by atomic mass is 35.5. The van der Waals surface area contributed by atoms with E-state index in [0.717, 1.165) is 28.8 Å². The number of nitrogens with one attached hydrogen (secondary N) is 1. The average molecular weight is 521 g/mol. The predicted octanol–water partition coefficient (Wildman–Crippen LogP) is 5.07. The number of thiazole rings is 1. The minimum Gasteiger partial charge on any atom is -0.368 e. The van der Waals surface area contributed by atoms with Crippen molar-refractivity contribution in [2.45, 2.75) is 10.8 Å². The number of rotatable bonds is 7. The molecule has 2 heterocycles. The number of nitrogens with zero attached hydrogens (tertiary/aromatic N) is 3. The zero-order valence-electron chi connectivity index (χ0n) is 17.7. The first-order valence-corrected chi connectivity index (χ1v) is 13.0. The molecule has 1 fully saturated rings. The summed E-state index contributed by atoms with van der Waals surface area (Å²) in [4.78, 5) is 33.5. The second-order valence-corrected chi connectivity index (χ2v) is 10.4. The maximum Gasteiger partial charge on any atom is 0.234 e. The van der Waals surface area contributed by atoms with Gasteiger partial charge in [0.1, 0.15) is 0 Å². The number of carbonyl (C=O) groups is 2. The molecule has 0 bridgehead atoms. The smallest absolute Gasteiger partial charge is 0.234 e. The topological polar surface area (TPSA) is 65.5 Å². The van der Waals surface area contributed by atoms with Gasteiger partial charge in [-0.2, -0.15) is 0 Å². The molecule has 0 spiro atoms. The van der Waals surface area contributed by atoms with Crippen molar-refractivity contribution in [2.75, 3.05) is 42.1 Å². The number of amides is 2. The van der Waals surface area contributed by atoms with E-state index in [1.54, 1.807) is 24.3 Å². The van der Waals surface area contributed by atoms with Crippen molar-refractivity contribution in [3.63, 3.8) is 0 Å². The molecule has 1 saturated heterocycles. The molecule has 0 unspecified atom stereocenters. The molecule has 3 aromatic rings. The van der Waals surface area contributed by atoms with Crippen LogP contribution in [0.15, 0.2) is 58.3 Å². The van der Waals surface area contributed by atoms with E-state index in [9.17, 15) is 9.59 Å². The quantitative estimate of drug-likeness (QED) is 0.440. The molecule has 172 valence electrons. The van der Waals surface area contributed by atoms with Gasteiger partial charge in [0.15, 0.2) is 4.34 Å². The van der Waals surface area contributed by atoms with Gasteiger partial charge in [0.05, 0.1) is 17.9 Å². The summed E-state index contributed by atoms with van der Waals surface area (Å²) in [5.41, 5.74) is 2.52. The molecule has 4 rings (SSSR count). The van der Waals surface area contributed by atoms with Crippen molar-refractivity contribution >= 4 is 69.5 Å². The van der Waals surface area contributed by atoms with Gasteiger partial charge in [0.2, 0.25) is 11.8 Å². The van der Waals surface area contributed by atoms with Crippen LogP contribution >= 0.6 is 46.3 Å².